The molecule has 0 spiro atoms. The first kappa shape index (κ1) is 14.0. The van der Waals surface area contributed by atoms with E-state index in [1.165, 1.54) is 70.1 Å². The molecule has 3 aliphatic rings. The van der Waals surface area contributed by atoms with Gasteiger partial charge in [0.2, 0.25) is 0 Å². The summed E-state index contributed by atoms with van der Waals surface area (Å²) >= 11 is 0. The van der Waals surface area contributed by atoms with Gasteiger partial charge in [-0.25, -0.2) is 0 Å². The molecule has 0 radical (unpaired) electrons. The van der Waals surface area contributed by atoms with Crippen molar-refractivity contribution in [1.29, 1.82) is 0 Å². The summed E-state index contributed by atoms with van der Waals surface area (Å²) in [6.45, 7) is 2.61. The van der Waals surface area contributed by atoms with Crippen molar-refractivity contribution in [2.45, 2.75) is 96.8 Å². The topological polar surface area (TPSA) is 0 Å². The van der Waals surface area contributed by atoms with Crippen molar-refractivity contribution in [2.24, 2.45) is 23.2 Å². The maximum Gasteiger partial charge on any atom is -0.0323 e. The van der Waals surface area contributed by atoms with Crippen LogP contribution in [0.5, 0.6) is 0 Å². The quantitative estimate of drug-likeness (QED) is 0.477. The lowest BCUT2D eigenvalue weighted by atomic mass is 9.72. The van der Waals surface area contributed by atoms with Crippen LogP contribution in [0.4, 0.5) is 0 Å². The molecule has 0 aromatic heterocycles. The molecule has 0 amide bonds. The van der Waals surface area contributed by atoms with Crippen LogP contribution in [0.3, 0.4) is 0 Å². The molecule has 110 valence electrons. The van der Waals surface area contributed by atoms with Gasteiger partial charge in [0.25, 0.3) is 0 Å². The fourth-order valence-electron chi connectivity index (χ4n) is 5.27. The van der Waals surface area contributed by atoms with E-state index in [2.05, 4.69) is 6.92 Å². The van der Waals surface area contributed by atoms with Gasteiger partial charge < -0.3 is 0 Å². The maximum atomic E-state index is 2.61. The molecule has 3 saturated carbocycles. The Labute approximate surface area is 120 Å². The highest BCUT2D eigenvalue weighted by atomic mass is 14.6. The fourth-order valence-corrected chi connectivity index (χ4v) is 5.27. The SMILES string of the molecule is CC12CCCCCCCCCCCC3C(CC1)C3C2. The minimum atomic E-state index is 0.732. The van der Waals surface area contributed by atoms with Crippen LogP contribution in [0.2, 0.25) is 0 Å². The van der Waals surface area contributed by atoms with E-state index in [1.54, 1.807) is 25.7 Å². The van der Waals surface area contributed by atoms with E-state index in [4.69, 9.17) is 0 Å². The van der Waals surface area contributed by atoms with E-state index in [0.717, 1.165) is 17.3 Å². The second-order valence-electron chi connectivity index (χ2n) is 8.27. The van der Waals surface area contributed by atoms with E-state index >= 15 is 0 Å². The van der Waals surface area contributed by atoms with Crippen molar-refractivity contribution >= 4 is 0 Å². The predicted octanol–water partition coefficient (Wildman–Crippen LogP) is 6.34. The zero-order valence-electron chi connectivity index (χ0n) is 13.1. The highest BCUT2D eigenvalue weighted by Crippen LogP contribution is 2.62. The molecule has 0 aliphatic heterocycles. The van der Waals surface area contributed by atoms with Gasteiger partial charge in [-0.15, -0.1) is 0 Å². The first-order valence-corrected chi connectivity index (χ1v) is 9.29. The molecule has 4 atom stereocenters. The molecule has 3 fully saturated rings. The molecule has 0 aromatic carbocycles. The molecular weight excluding hydrogens is 228 g/mol. The molecule has 2 bridgehead atoms. The smallest absolute Gasteiger partial charge is 0.0323 e. The Morgan fingerprint density at radius 3 is 1.89 bits per heavy atom. The molecule has 0 nitrogen and oxygen atoms in total. The van der Waals surface area contributed by atoms with Crippen molar-refractivity contribution in [3.05, 3.63) is 0 Å². The van der Waals surface area contributed by atoms with Crippen LogP contribution in [0.15, 0.2) is 0 Å². The van der Waals surface area contributed by atoms with Gasteiger partial charge in [-0.1, -0.05) is 64.7 Å². The Balaban J connectivity index is 1.53. The summed E-state index contributed by atoms with van der Waals surface area (Å²) in [5, 5.41) is 0. The highest BCUT2D eigenvalue weighted by Gasteiger charge is 2.54. The van der Waals surface area contributed by atoms with Crippen LogP contribution in [0, 0.1) is 23.2 Å². The van der Waals surface area contributed by atoms with Crippen LogP contribution < -0.4 is 0 Å². The van der Waals surface area contributed by atoms with Crippen molar-refractivity contribution < 1.29 is 0 Å². The largest absolute Gasteiger partial charge is 0.0596 e. The van der Waals surface area contributed by atoms with Crippen LogP contribution in [-0.4, -0.2) is 0 Å². The molecule has 19 heavy (non-hydrogen) atoms. The summed E-state index contributed by atoms with van der Waals surface area (Å²) in [5.74, 6) is 3.48. The molecule has 0 heterocycles. The van der Waals surface area contributed by atoms with Gasteiger partial charge in [0.15, 0.2) is 0 Å². The van der Waals surface area contributed by atoms with Gasteiger partial charge in [0, 0.05) is 0 Å². The fraction of sp³-hybridized carbons (Fsp3) is 1.00. The van der Waals surface area contributed by atoms with Crippen molar-refractivity contribution in [3.8, 4) is 0 Å². The Kier molecular flexibility index (Phi) is 4.54. The Hall–Kier alpha value is 0. The van der Waals surface area contributed by atoms with E-state index in [-0.39, 0.29) is 0 Å². The summed E-state index contributed by atoms with van der Waals surface area (Å²) in [6, 6.07) is 0. The average molecular weight is 262 g/mol. The lowest BCUT2D eigenvalue weighted by Gasteiger charge is -2.33. The van der Waals surface area contributed by atoms with E-state index < -0.39 is 0 Å². The molecule has 0 N–H and O–H groups in total. The number of rotatable bonds is 0. The van der Waals surface area contributed by atoms with E-state index in [1.807, 2.05) is 0 Å². The summed E-state index contributed by atoms with van der Waals surface area (Å²) in [5.41, 5.74) is 0.732. The third-order valence-electron chi connectivity index (χ3n) is 6.64. The molecule has 0 heteroatoms. The second-order valence-corrected chi connectivity index (χ2v) is 8.27. The third kappa shape index (κ3) is 3.56. The van der Waals surface area contributed by atoms with Gasteiger partial charge in [-0.2, -0.15) is 0 Å². The summed E-state index contributed by atoms with van der Waals surface area (Å²) < 4.78 is 0. The van der Waals surface area contributed by atoms with Gasteiger partial charge in [-0.3, -0.25) is 0 Å². The third-order valence-corrected chi connectivity index (χ3v) is 6.64. The maximum absolute atomic E-state index is 2.61. The minimum absolute atomic E-state index is 0.732. The van der Waals surface area contributed by atoms with Gasteiger partial charge >= 0.3 is 0 Å². The molecule has 0 aromatic rings. The zero-order valence-corrected chi connectivity index (χ0v) is 13.1. The Morgan fingerprint density at radius 2 is 1.16 bits per heavy atom. The molecule has 4 unspecified atom stereocenters. The molecular formula is C19H34. The minimum Gasteiger partial charge on any atom is -0.0596 e. The van der Waals surface area contributed by atoms with Gasteiger partial charge in [-0.05, 0) is 55.3 Å². The Morgan fingerprint density at radius 1 is 0.579 bits per heavy atom. The Bertz CT molecular complexity index is 282. The van der Waals surface area contributed by atoms with Crippen LogP contribution in [-0.2, 0) is 0 Å². The van der Waals surface area contributed by atoms with Crippen LogP contribution in [0.1, 0.15) is 96.8 Å². The van der Waals surface area contributed by atoms with Crippen LogP contribution >= 0.6 is 0 Å². The van der Waals surface area contributed by atoms with Crippen molar-refractivity contribution in [1.82, 2.24) is 0 Å². The summed E-state index contributed by atoms with van der Waals surface area (Å²) in [6.07, 6.45) is 21.4. The number of hydrogen-bond donors (Lipinski definition) is 0. The molecule has 3 aliphatic carbocycles. The van der Waals surface area contributed by atoms with E-state index in [9.17, 15) is 0 Å². The molecule has 3 rings (SSSR count). The second kappa shape index (κ2) is 6.19. The predicted molar refractivity (Wildman–Crippen MR) is 83.2 cm³/mol. The van der Waals surface area contributed by atoms with E-state index in [0.29, 0.717) is 0 Å². The van der Waals surface area contributed by atoms with Crippen LogP contribution in [0.25, 0.3) is 0 Å². The van der Waals surface area contributed by atoms with Gasteiger partial charge in [0.1, 0.15) is 0 Å². The average Bonchev–Trinajstić information content (AvgIpc) is 3.06. The number of fused-ring (bicyclic) bond motifs is 2. The number of hydrogen-bond acceptors (Lipinski definition) is 0. The van der Waals surface area contributed by atoms with Gasteiger partial charge in [0.05, 0.1) is 0 Å². The molecule has 0 saturated heterocycles. The first-order valence-electron chi connectivity index (χ1n) is 9.29. The normalized spacial score (nSPS) is 45.0. The monoisotopic (exact) mass is 262 g/mol. The standard InChI is InChI=1S/C19H34/c1-19-13-10-8-6-4-2-3-5-7-9-11-16-17(12-14-19)18(16)15-19/h16-18H,2-15H2,1H3. The highest BCUT2D eigenvalue weighted by molar-refractivity contribution is 5.03. The lowest BCUT2D eigenvalue weighted by molar-refractivity contribution is 0.183. The summed E-state index contributed by atoms with van der Waals surface area (Å²) in [4.78, 5) is 0. The van der Waals surface area contributed by atoms with Crippen molar-refractivity contribution in [2.75, 3.05) is 0 Å². The first-order chi connectivity index (χ1) is 9.29. The summed E-state index contributed by atoms with van der Waals surface area (Å²) in [7, 11) is 0. The van der Waals surface area contributed by atoms with Crippen molar-refractivity contribution in [3.63, 3.8) is 0 Å². The zero-order chi connectivity index (χ0) is 13.1. The lowest BCUT2D eigenvalue weighted by Crippen LogP contribution is -2.21.